The third-order valence-electron chi connectivity index (χ3n) is 2.76. The molecule has 3 heterocycles. The largest absolute Gasteiger partial charge is 0.433 e. The smallest absolute Gasteiger partial charge is 0.401 e. The number of furan rings is 1. The Morgan fingerprint density at radius 2 is 2.24 bits per heavy atom. The van der Waals surface area contributed by atoms with Crippen LogP contribution in [0.15, 0.2) is 39.0 Å². The van der Waals surface area contributed by atoms with Crippen LogP contribution >= 0.6 is 0 Å². The summed E-state index contributed by atoms with van der Waals surface area (Å²) in [5.74, 6) is -0.489. The maximum absolute atomic E-state index is 11.9. The molecule has 9 nitrogen and oxygen atoms in total. The first-order valence-corrected chi connectivity index (χ1v) is 5.80. The lowest BCUT2D eigenvalue weighted by Gasteiger charge is -2.22. The Morgan fingerprint density at radius 3 is 2.90 bits per heavy atom. The normalized spacial score (nSPS) is 19.3. The van der Waals surface area contributed by atoms with Crippen LogP contribution in [0.4, 0.5) is 5.88 Å². The fraction of sp³-hybridized carbons (Fsp3) is 0.0833. The summed E-state index contributed by atoms with van der Waals surface area (Å²) >= 11 is 0. The van der Waals surface area contributed by atoms with Crippen LogP contribution in [0.3, 0.4) is 0 Å². The van der Waals surface area contributed by atoms with Crippen LogP contribution in [0.2, 0.25) is 0 Å². The minimum absolute atomic E-state index is 0.0777. The monoisotopic (exact) mass is 288 g/mol. The lowest BCUT2D eigenvalue weighted by atomic mass is 10.1. The fourth-order valence-corrected chi connectivity index (χ4v) is 1.86. The predicted octanol–water partition coefficient (Wildman–Crippen LogP) is 1.64. The number of amides is 1. The number of rotatable bonds is 2. The zero-order valence-electron chi connectivity index (χ0n) is 10.7. The molecule has 0 saturated heterocycles. The standard InChI is InChI=1S/C12H8N4O5/c1-6-4-9-14-12(17)8(11(13)15(9)21-6)5-7-2-3-10(20-7)16(18)19/h2-5,13H,1H3/b8-5-,13-11?. The number of carbonyl (C=O) groups excluding carboxylic acids is 1. The molecule has 0 radical (unpaired) electrons. The van der Waals surface area contributed by atoms with Crippen LogP contribution in [0.5, 0.6) is 0 Å². The quantitative estimate of drug-likeness (QED) is 0.501. The zero-order chi connectivity index (χ0) is 15.1. The number of nitro groups is 1. The molecule has 0 saturated carbocycles. The van der Waals surface area contributed by atoms with Gasteiger partial charge in [-0.15, -0.1) is 5.06 Å². The Balaban J connectivity index is 1.96. The number of hydroxylamine groups is 2. The molecular formula is C12H8N4O5. The molecule has 2 aliphatic rings. The zero-order valence-corrected chi connectivity index (χ0v) is 10.7. The number of fused-ring (bicyclic) bond motifs is 1. The SMILES string of the molecule is CC1=CC2=NC(=O)/C(=C\c3ccc([N+](=O)[O-])o3)C(=N)N2O1. The van der Waals surface area contributed by atoms with Gasteiger partial charge in [0.1, 0.15) is 16.4 Å². The molecule has 1 amide bonds. The molecule has 0 atom stereocenters. The van der Waals surface area contributed by atoms with Gasteiger partial charge in [-0.3, -0.25) is 20.3 Å². The molecule has 106 valence electrons. The highest BCUT2D eigenvalue weighted by Gasteiger charge is 2.34. The lowest BCUT2D eigenvalue weighted by Crippen LogP contribution is -2.38. The van der Waals surface area contributed by atoms with Gasteiger partial charge in [0.2, 0.25) is 0 Å². The van der Waals surface area contributed by atoms with Crippen molar-refractivity contribution in [2.45, 2.75) is 6.92 Å². The van der Waals surface area contributed by atoms with Gasteiger partial charge < -0.3 is 9.25 Å². The van der Waals surface area contributed by atoms with Crippen LogP contribution < -0.4 is 0 Å². The van der Waals surface area contributed by atoms with Crippen molar-refractivity contribution in [1.82, 2.24) is 5.06 Å². The van der Waals surface area contributed by atoms with Gasteiger partial charge in [-0.1, -0.05) is 0 Å². The van der Waals surface area contributed by atoms with E-state index in [1.165, 1.54) is 18.2 Å². The first-order valence-electron chi connectivity index (χ1n) is 5.80. The van der Waals surface area contributed by atoms with Crippen LogP contribution in [-0.2, 0) is 9.63 Å². The molecule has 0 aromatic carbocycles. The van der Waals surface area contributed by atoms with Gasteiger partial charge >= 0.3 is 5.88 Å². The molecule has 21 heavy (non-hydrogen) atoms. The molecule has 2 aliphatic heterocycles. The van der Waals surface area contributed by atoms with Gasteiger partial charge in [0, 0.05) is 6.08 Å². The number of nitrogens with one attached hydrogen (secondary N) is 1. The van der Waals surface area contributed by atoms with Gasteiger partial charge in [0.25, 0.3) is 5.91 Å². The summed E-state index contributed by atoms with van der Waals surface area (Å²) < 4.78 is 4.93. The van der Waals surface area contributed by atoms with Crippen LogP contribution in [0.1, 0.15) is 12.7 Å². The van der Waals surface area contributed by atoms with Crippen LogP contribution in [0, 0.1) is 15.5 Å². The van der Waals surface area contributed by atoms with Crippen molar-refractivity contribution in [1.29, 1.82) is 5.41 Å². The van der Waals surface area contributed by atoms with E-state index in [2.05, 4.69) is 4.99 Å². The summed E-state index contributed by atoms with van der Waals surface area (Å²) in [7, 11) is 0. The molecule has 0 spiro atoms. The highest BCUT2D eigenvalue weighted by Crippen LogP contribution is 2.25. The molecular weight excluding hydrogens is 280 g/mol. The van der Waals surface area contributed by atoms with Crippen molar-refractivity contribution in [3.05, 3.63) is 45.4 Å². The minimum atomic E-state index is -0.691. The van der Waals surface area contributed by atoms with Crippen molar-refractivity contribution in [2.75, 3.05) is 0 Å². The molecule has 0 unspecified atom stereocenters. The lowest BCUT2D eigenvalue weighted by molar-refractivity contribution is -0.402. The highest BCUT2D eigenvalue weighted by atomic mass is 16.7. The van der Waals surface area contributed by atoms with E-state index in [4.69, 9.17) is 14.7 Å². The van der Waals surface area contributed by atoms with E-state index < -0.39 is 16.7 Å². The van der Waals surface area contributed by atoms with Crippen molar-refractivity contribution >= 4 is 29.5 Å². The Kier molecular flexibility index (Phi) is 2.68. The third kappa shape index (κ3) is 2.10. The summed E-state index contributed by atoms with van der Waals surface area (Å²) in [5.41, 5.74) is -0.0777. The second kappa shape index (κ2) is 4.40. The van der Waals surface area contributed by atoms with Gasteiger partial charge in [-0.2, -0.15) is 4.99 Å². The van der Waals surface area contributed by atoms with Gasteiger partial charge in [0.05, 0.1) is 11.6 Å². The van der Waals surface area contributed by atoms with Gasteiger partial charge in [0.15, 0.2) is 11.7 Å². The number of amidine groups is 2. The number of hydrogen-bond donors (Lipinski definition) is 1. The number of carbonyl (C=O) groups is 1. The summed E-state index contributed by atoms with van der Waals surface area (Å²) in [6.45, 7) is 1.66. The molecule has 0 aliphatic carbocycles. The molecule has 0 bridgehead atoms. The number of hydrogen-bond acceptors (Lipinski definition) is 6. The van der Waals surface area contributed by atoms with Gasteiger partial charge in [-0.05, 0) is 19.1 Å². The Hall–Kier alpha value is -3.23. The summed E-state index contributed by atoms with van der Waals surface area (Å²) in [5, 5.41) is 19.6. The maximum atomic E-state index is 11.9. The average Bonchev–Trinajstić information content (AvgIpc) is 3.01. The summed E-state index contributed by atoms with van der Waals surface area (Å²) in [6.07, 6.45) is 2.75. The minimum Gasteiger partial charge on any atom is -0.401 e. The van der Waals surface area contributed by atoms with Crippen molar-refractivity contribution in [3.63, 3.8) is 0 Å². The van der Waals surface area contributed by atoms with E-state index in [0.717, 1.165) is 11.1 Å². The average molecular weight is 288 g/mol. The Morgan fingerprint density at radius 1 is 1.48 bits per heavy atom. The first kappa shape index (κ1) is 12.8. The van der Waals surface area contributed by atoms with E-state index in [-0.39, 0.29) is 23.0 Å². The van der Waals surface area contributed by atoms with Crippen LogP contribution in [-0.4, -0.2) is 27.6 Å². The van der Waals surface area contributed by atoms with Crippen molar-refractivity contribution in [3.8, 4) is 0 Å². The van der Waals surface area contributed by atoms with Crippen LogP contribution in [0.25, 0.3) is 6.08 Å². The van der Waals surface area contributed by atoms with E-state index in [0.29, 0.717) is 5.76 Å². The molecule has 1 aromatic rings. The summed E-state index contributed by atoms with van der Waals surface area (Å²) in [4.78, 5) is 30.8. The topological polar surface area (TPSA) is 122 Å². The Bertz CT molecular complexity index is 770. The third-order valence-corrected chi connectivity index (χ3v) is 2.76. The molecule has 1 aromatic heterocycles. The Labute approximate surface area is 117 Å². The predicted molar refractivity (Wildman–Crippen MR) is 70.2 cm³/mol. The maximum Gasteiger partial charge on any atom is 0.433 e. The number of nitrogens with zero attached hydrogens (tertiary/aromatic N) is 3. The van der Waals surface area contributed by atoms with E-state index in [1.54, 1.807) is 6.92 Å². The van der Waals surface area contributed by atoms with E-state index in [1.807, 2.05) is 0 Å². The number of allylic oxidation sites excluding steroid dienone is 1. The van der Waals surface area contributed by atoms with Gasteiger partial charge in [-0.25, -0.2) is 0 Å². The second-order valence-corrected chi connectivity index (χ2v) is 4.26. The van der Waals surface area contributed by atoms with E-state index >= 15 is 0 Å². The van der Waals surface area contributed by atoms with E-state index in [9.17, 15) is 14.9 Å². The molecule has 0 fully saturated rings. The summed E-state index contributed by atoms with van der Waals surface area (Å²) in [6, 6.07) is 2.50. The van der Waals surface area contributed by atoms with Crippen molar-refractivity contribution in [2.24, 2.45) is 4.99 Å². The molecule has 9 heteroatoms. The molecule has 1 N–H and O–H groups in total. The fourth-order valence-electron chi connectivity index (χ4n) is 1.86. The first-order chi connectivity index (χ1) is 9.95. The highest BCUT2D eigenvalue weighted by molar-refractivity contribution is 6.32. The number of aliphatic imine (C=N–C) groups is 1. The second-order valence-electron chi connectivity index (χ2n) is 4.26. The van der Waals surface area contributed by atoms with Crippen molar-refractivity contribution < 1.29 is 19.0 Å². The molecule has 3 rings (SSSR count).